The molecule has 3 N–H and O–H groups in total. The third kappa shape index (κ3) is 5.42. The zero-order valence-corrected chi connectivity index (χ0v) is 20.5. The highest BCUT2D eigenvalue weighted by atomic mass is 127. The van der Waals surface area contributed by atoms with Crippen LogP contribution >= 0.6 is 24.0 Å². The molecule has 10 heteroatoms. The second-order valence-electron chi connectivity index (χ2n) is 6.90. The fourth-order valence-electron chi connectivity index (χ4n) is 3.17. The number of para-hydroxylation sites is 1. The van der Waals surface area contributed by atoms with Crippen molar-refractivity contribution in [3.05, 3.63) is 54.2 Å². The number of ether oxygens (including phenoxy) is 1. The summed E-state index contributed by atoms with van der Waals surface area (Å²) in [5.74, 6) is 3.96. The Hall–Kier alpha value is -3.02. The van der Waals surface area contributed by atoms with E-state index in [1.54, 1.807) is 12.3 Å². The number of nitrogens with zero attached hydrogens (tertiary/aromatic N) is 3. The largest absolute Gasteiger partial charge is 0.490 e. The van der Waals surface area contributed by atoms with E-state index in [4.69, 9.17) is 13.6 Å². The lowest BCUT2D eigenvalue weighted by molar-refractivity contribution is 0.336. The second kappa shape index (κ2) is 11.0. The summed E-state index contributed by atoms with van der Waals surface area (Å²) in [6.45, 7) is 7.64. The van der Waals surface area contributed by atoms with Gasteiger partial charge in [0.15, 0.2) is 23.1 Å². The van der Waals surface area contributed by atoms with E-state index in [1.807, 2.05) is 51.1 Å². The Bertz CT molecular complexity index is 1150. The van der Waals surface area contributed by atoms with E-state index in [9.17, 15) is 0 Å². The van der Waals surface area contributed by atoms with Crippen LogP contribution in [-0.2, 0) is 6.54 Å². The molecule has 0 bridgehead atoms. The van der Waals surface area contributed by atoms with Crippen LogP contribution < -0.4 is 15.4 Å². The lowest BCUT2D eigenvalue weighted by Crippen LogP contribution is -2.38. The highest BCUT2D eigenvalue weighted by Crippen LogP contribution is 2.31. The molecule has 170 valence electrons. The summed E-state index contributed by atoms with van der Waals surface area (Å²) in [5, 5.41) is 14.7. The summed E-state index contributed by atoms with van der Waals surface area (Å²) in [6.07, 6.45) is 1.59. The molecule has 3 aromatic heterocycles. The summed E-state index contributed by atoms with van der Waals surface area (Å²) in [5.41, 5.74) is 0.752. The summed E-state index contributed by atoms with van der Waals surface area (Å²) in [6, 6.07) is 11.4. The monoisotopic (exact) mass is 550 g/mol. The number of furan rings is 2. The minimum atomic E-state index is -0.104. The van der Waals surface area contributed by atoms with Gasteiger partial charge in [-0.3, -0.25) is 5.10 Å². The molecule has 3 heterocycles. The van der Waals surface area contributed by atoms with Gasteiger partial charge in [-0.25, -0.2) is 9.98 Å². The molecule has 9 nitrogen and oxygen atoms in total. The zero-order valence-electron chi connectivity index (χ0n) is 18.2. The Morgan fingerprint density at radius 1 is 1.25 bits per heavy atom. The summed E-state index contributed by atoms with van der Waals surface area (Å²) in [4.78, 5) is 9.03. The van der Waals surface area contributed by atoms with Gasteiger partial charge in [-0.1, -0.05) is 12.1 Å². The van der Waals surface area contributed by atoms with Crippen molar-refractivity contribution in [1.82, 2.24) is 25.8 Å². The van der Waals surface area contributed by atoms with E-state index in [1.165, 1.54) is 0 Å². The molecule has 4 rings (SSSR count). The predicted molar refractivity (Wildman–Crippen MR) is 133 cm³/mol. The molecule has 4 aromatic rings. The van der Waals surface area contributed by atoms with Gasteiger partial charge in [0.05, 0.1) is 18.9 Å². The molecule has 0 saturated carbocycles. The molecular weight excluding hydrogens is 523 g/mol. The van der Waals surface area contributed by atoms with Gasteiger partial charge in [0, 0.05) is 11.9 Å². The van der Waals surface area contributed by atoms with Crippen LogP contribution in [0.25, 0.3) is 22.6 Å². The van der Waals surface area contributed by atoms with Crippen molar-refractivity contribution in [2.24, 2.45) is 4.99 Å². The van der Waals surface area contributed by atoms with Crippen molar-refractivity contribution in [2.75, 3.05) is 13.2 Å². The Balaban J connectivity index is 0.00000289. The maximum Gasteiger partial charge on any atom is 0.216 e. The number of hydrogen-bond acceptors (Lipinski definition) is 6. The summed E-state index contributed by atoms with van der Waals surface area (Å²) >= 11 is 0. The predicted octanol–water partition coefficient (Wildman–Crippen LogP) is 4.64. The van der Waals surface area contributed by atoms with E-state index in [-0.39, 0.29) is 30.0 Å². The third-order valence-electron chi connectivity index (χ3n) is 4.61. The molecule has 0 radical (unpaired) electrons. The SMILES string of the molecule is CCNC(=NCc1nc(-c2ccco2)n[nH]1)NC(C)c1cc2cccc(OCC)c2o1.I. The molecule has 1 atom stereocenters. The Kier molecular flexibility index (Phi) is 8.14. The molecular formula is C22H27IN6O3. The number of hydrogen-bond donors (Lipinski definition) is 3. The van der Waals surface area contributed by atoms with E-state index in [0.717, 1.165) is 29.0 Å². The molecule has 0 fully saturated rings. The molecule has 0 spiro atoms. The van der Waals surface area contributed by atoms with Gasteiger partial charge in [-0.2, -0.15) is 0 Å². The third-order valence-corrected chi connectivity index (χ3v) is 4.61. The van der Waals surface area contributed by atoms with Gasteiger partial charge in [-0.05, 0) is 45.0 Å². The number of guanidine groups is 1. The van der Waals surface area contributed by atoms with Crippen molar-refractivity contribution < 1.29 is 13.6 Å². The maximum atomic E-state index is 6.09. The number of fused-ring (bicyclic) bond motifs is 1. The van der Waals surface area contributed by atoms with Gasteiger partial charge >= 0.3 is 0 Å². The van der Waals surface area contributed by atoms with Crippen LogP contribution in [-0.4, -0.2) is 34.3 Å². The Morgan fingerprint density at radius 2 is 2.12 bits per heavy atom. The van der Waals surface area contributed by atoms with E-state index < -0.39 is 0 Å². The van der Waals surface area contributed by atoms with Gasteiger partial charge in [-0.15, -0.1) is 29.1 Å². The van der Waals surface area contributed by atoms with Crippen molar-refractivity contribution in [2.45, 2.75) is 33.4 Å². The van der Waals surface area contributed by atoms with Gasteiger partial charge in [0.25, 0.3) is 0 Å². The molecule has 0 saturated heterocycles. The van der Waals surface area contributed by atoms with Crippen LogP contribution in [0.1, 0.15) is 38.4 Å². The average molecular weight is 550 g/mol. The highest BCUT2D eigenvalue weighted by Gasteiger charge is 2.16. The van der Waals surface area contributed by atoms with Gasteiger partial charge < -0.3 is 24.2 Å². The van der Waals surface area contributed by atoms with Crippen LogP contribution in [0.3, 0.4) is 0 Å². The fourth-order valence-corrected chi connectivity index (χ4v) is 3.17. The molecule has 0 aliphatic carbocycles. The van der Waals surface area contributed by atoms with Crippen molar-refractivity contribution in [1.29, 1.82) is 0 Å². The number of aromatic amines is 1. The summed E-state index contributed by atoms with van der Waals surface area (Å²) < 4.78 is 17.1. The lowest BCUT2D eigenvalue weighted by atomic mass is 10.2. The molecule has 0 aliphatic rings. The van der Waals surface area contributed by atoms with Gasteiger partial charge in [0.1, 0.15) is 18.1 Å². The standard InChI is InChI=1S/C22H26N6O3.HI/c1-4-23-22(24-13-19-26-21(28-27-19)17-10-7-11-30-17)25-14(3)18-12-15-8-6-9-16(29-5-2)20(15)31-18;/h6-12,14H,4-5,13H2,1-3H3,(H2,23,24,25)(H,26,27,28);1H. The minimum Gasteiger partial charge on any atom is -0.490 e. The molecule has 1 aromatic carbocycles. The van der Waals surface area contributed by atoms with E-state index >= 15 is 0 Å². The van der Waals surface area contributed by atoms with Crippen molar-refractivity contribution in [3.63, 3.8) is 0 Å². The summed E-state index contributed by atoms with van der Waals surface area (Å²) in [7, 11) is 0. The first-order chi connectivity index (χ1) is 15.2. The smallest absolute Gasteiger partial charge is 0.216 e. The molecule has 32 heavy (non-hydrogen) atoms. The van der Waals surface area contributed by atoms with Crippen LogP contribution in [0.5, 0.6) is 5.75 Å². The zero-order chi connectivity index (χ0) is 21.6. The molecule has 1 unspecified atom stereocenters. The van der Waals surface area contributed by atoms with Crippen molar-refractivity contribution >= 4 is 40.9 Å². The number of nitrogens with one attached hydrogen (secondary N) is 3. The number of H-pyrrole nitrogens is 1. The fraction of sp³-hybridized carbons (Fsp3) is 0.318. The highest BCUT2D eigenvalue weighted by molar-refractivity contribution is 14.0. The van der Waals surface area contributed by atoms with Crippen LogP contribution in [0.4, 0.5) is 0 Å². The normalized spacial score (nSPS) is 12.4. The minimum absolute atomic E-state index is 0. The maximum absolute atomic E-state index is 6.09. The van der Waals surface area contributed by atoms with Crippen LogP contribution in [0, 0.1) is 0 Å². The van der Waals surface area contributed by atoms with Crippen molar-refractivity contribution in [3.8, 4) is 17.3 Å². The average Bonchev–Trinajstić information content (AvgIpc) is 3.52. The molecule has 0 amide bonds. The lowest BCUT2D eigenvalue weighted by Gasteiger charge is -2.15. The molecule has 0 aliphatic heterocycles. The number of halogens is 1. The first kappa shape index (κ1) is 23.6. The number of benzene rings is 1. The van der Waals surface area contributed by atoms with Gasteiger partial charge in [0.2, 0.25) is 5.82 Å². The van der Waals surface area contributed by atoms with Crippen LogP contribution in [0.2, 0.25) is 0 Å². The first-order valence-corrected chi connectivity index (χ1v) is 10.3. The second-order valence-corrected chi connectivity index (χ2v) is 6.90. The van der Waals surface area contributed by atoms with E-state index in [0.29, 0.717) is 36.5 Å². The number of aromatic nitrogens is 3. The first-order valence-electron chi connectivity index (χ1n) is 10.3. The Morgan fingerprint density at radius 3 is 2.88 bits per heavy atom. The Labute approximate surface area is 203 Å². The number of rotatable bonds is 8. The topological polar surface area (TPSA) is 114 Å². The van der Waals surface area contributed by atoms with Crippen LogP contribution in [0.15, 0.2) is 56.5 Å². The van der Waals surface area contributed by atoms with E-state index in [2.05, 4.69) is 30.8 Å². The number of aliphatic imine (C=N–C) groups is 1. The quantitative estimate of drug-likeness (QED) is 0.166.